The second-order valence-corrected chi connectivity index (χ2v) is 8.44. The summed E-state index contributed by atoms with van der Waals surface area (Å²) < 4.78 is 16.1. The highest BCUT2D eigenvalue weighted by atomic mass is 31.2. The molecule has 2 fully saturated rings. The summed E-state index contributed by atoms with van der Waals surface area (Å²) in [6.07, 6.45) is 0.489. The topological polar surface area (TPSA) is 67.8 Å². The largest absolute Gasteiger partial charge is 0.631 e. The third-order valence-corrected chi connectivity index (χ3v) is 7.32. The molecule has 1 aliphatic heterocycles. The fourth-order valence-corrected chi connectivity index (χ4v) is 5.67. The van der Waals surface area contributed by atoms with Gasteiger partial charge in [-0.05, 0) is 34.6 Å². The molecular weight excluding hydrogens is 255 g/mol. The van der Waals surface area contributed by atoms with Gasteiger partial charge < -0.3 is 9.63 Å². The number of hydrogen-bond donors (Lipinski definition) is 0. The van der Waals surface area contributed by atoms with E-state index < -0.39 is 30.2 Å². The van der Waals surface area contributed by atoms with Gasteiger partial charge in [0, 0.05) is 6.42 Å². The summed E-state index contributed by atoms with van der Waals surface area (Å²) in [6.45, 7) is 9.15. The summed E-state index contributed by atoms with van der Waals surface area (Å²) in [6, 6.07) is 0. The molecule has 6 heteroatoms. The van der Waals surface area contributed by atoms with Crippen LogP contribution < -0.4 is 4.89 Å². The molecule has 1 aliphatic carbocycles. The summed E-state index contributed by atoms with van der Waals surface area (Å²) in [7, 11) is -1.93. The Bertz CT molecular complexity index is 376. The average Bonchev–Trinajstić information content (AvgIpc) is 2.85. The van der Waals surface area contributed by atoms with Crippen LogP contribution in [-0.4, -0.2) is 29.9 Å². The minimum Gasteiger partial charge on any atom is -0.631 e. The highest BCUT2D eigenvalue weighted by molar-refractivity contribution is 7.60. The molecule has 2 rings (SSSR count). The van der Waals surface area contributed by atoms with Crippen LogP contribution in [0.1, 0.15) is 41.0 Å². The van der Waals surface area contributed by atoms with Gasteiger partial charge in [0.05, 0.1) is 7.11 Å². The van der Waals surface area contributed by atoms with Gasteiger partial charge >= 0.3 is 5.97 Å². The Kier molecular flexibility index (Phi) is 2.89. The van der Waals surface area contributed by atoms with Crippen molar-refractivity contribution in [2.45, 2.75) is 57.9 Å². The highest BCUT2D eigenvalue weighted by Gasteiger charge is 2.76. The predicted molar refractivity (Wildman–Crippen MR) is 65.8 cm³/mol. The summed E-state index contributed by atoms with van der Waals surface area (Å²) in [4.78, 5) is 24.5. The van der Waals surface area contributed by atoms with Crippen molar-refractivity contribution in [3.8, 4) is 0 Å². The van der Waals surface area contributed by atoms with Gasteiger partial charge in [-0.3, -0.25) is 4.79 Å². The van der Waals surface area contributed by atoms with E-state index in [-0.39, 0.29) is 5.97 Å². The van der Waals surface area contributed by atoms with Gasteiger partial charge in [0.15, 0.2) is 0 Å². The van der Waals surface area contributed by atoms with Crippen LogP contribution in [0.25, 0.3) is 0 Å². The summed E-state index contributed by atoms with van der Waals surface area (Å²) >= 11 is 0. The van der Waals surface area contributed by atoms with Gasteiger partial charge in [-0.1, -0.05) is 0 Å². The zero-order valence-electron chi connectivity index (χ0n) is 11.8. The predicted octanol–water partition coefficient (Wildman–Crippen LogP) is 1.66. The lowest BCUT2D eigenvalue weighted by Gasteiger charge is -2.25. The van der Waals surface area contributed by atoms with Crippen LogP contribution >= 0.6 is 7.94 Å². The van der Waals surface area contributed by atoms with Crippen molar-refractivity contribution < 1.29 is 23.5 Å². The lowest BCUT2D eigenvalue weighted by Crippen LogP contribution is -2.41. The second kappa shape index (κ2) is 3.66. The van der Waals surface area contributed by atoms with Crippen LogP contribution in [0.2, 0.25) is 0 Å². The van der Waals surface area contributed by atoms with E-state index in [0.29, 0.717) is 6.42 Å². The number of esters is 1. The van der Waals surface area contributed by atoms with Gasteiger partial charge in [0.1, 0.15) is 22.3 Å². The van der Waals surface area contributed by atoms with Crippen molar-refractivity contribution in [1.82, 2.24) is 0 Å². The number of carbonyl (C=O) groups excluding carboxylic acids is 1. The average molecular weight is 276 g/mol. The minimum absolute atomic E-state index is 0.350. The van der Waals surface area contributed by atoms with Gasteiger partial charge in [-0.15, -0.1) is 0 Å². The normalized spacial score (nSPS) is 39.4. The van der Waals surface area contributed by atoms with E-state index in [4.69, 9.17) is 13.8 Å². The van der Waals surface area contributed by atoms with Crippen molar-refractivity contribution in [2.24, 2.45) is 5.41 Å². The Labute approximate surface area is 108 Å². The second-order valence-electron chi connectivity index (χ2n) is 6.37. The molecule has 0 aromatic rings. The molecule has 1 saturated carbocycles. The standard InChI is InChI=1S/C12H21O5P/c1-10(2)11(3,4)17-18(14,16-10)8-7-12(8,5)9(13)15-6/h8H,7H2,1-6H3/t8-,12-/m0/s1. The lowest BCUT2D eigenvalue weighted by molar-refractivity contribution is -0.213. The van der Waals surface area contributed by atoms with Gasteiger partial charge in [0.2, 0.25) is 7.94 Å². The van der Waals surface area contributed by atoms with Gasteiger partial charge in [-0.2, -0.15) is 0 Å². The zero-order valence-corrected chi connectivity index (χ0v) is 12.7. The smallest absolute Gasteiger partial charge is 0.315 e. The fraction of sp³-hybridized carbons (Fsp3) is 0.917. The van der Waals surface area contributed by atoms with Crippen molar-refractivity contribution in [1.29, 1.82) is 0 Å². The molecule has 0 aromatic carbocycles. The number of ether oxygens (including phenoxy) is 1. The first-order valence-electron chi connectivity index (χ1n) is 6.08. The third kappa shape index (κ3) is 1.80. The zero-order chi connectivity index (χ0) is 14.0. The van der Waals surface area contributed by atoms with Crippen molar-refractivity contribution >= 4 is 13.9 Å². The maximum atomic E-state index is 12.8. The molecule has 104 valence electrons. The first-order valence-corrected chi connectivity index (χ1v) is 7.69. The number of methoxy groups -OCH3 is 1. The Morgan fingerprint density at radius 1 is 1.22 bits per heavy atom. The van der Waals surface area contributed by atoms with Crippen molar-refractivity contribution in [3.63, 3.8) is 0 Å². The van der Waals surface area contributed by atoms with Gasteiger partial charge in [0.25, 0.3) is 0 Å². The summed E-state index contributed by atoms with van der Waals surface area (Å²) in [5.41, 5.74) is -2.40. The molecule has 2 aliphatic rings. The molecule has 0 N–H and O–H groups in total. The molecule has 5 nitrogen and oxygen atoms in total. The molecule has 0 amide bonds. The third-order valence-electron chi connectivity index (χ3n) is 4.39. The first kappa shape index (κ1) is 14.2. The molecule has 1 heterocycles. The quantitative estimate of drug-likeness (QED) is 0.567. The van der Waals surface area contributed by atoms with E-state index in [0.717, 1.165) is 0 Å². The Hall–Kier alpha value is -0.220. The SMILES string of the molecule is COC(=O)[C@@]1(C)C[C@@H]1[P+]1([O-])OC(C)(C)C(C)(C)O1. The highest BCUT2D eigenvalue weighted by Crippen LogP contribution is 2.79. The monoisotopic (exact) mass is 276 g/mol. The van der Waals surface area contributed by atoms with Crippen LogP contribution in [0.4, 0.5) is 0 Å². The number of carbonyl (C=O) groups is 1. The van der Waals surface area contributed by atoms with Crippen LogP contribution in [0.5, 0.6) is 0 Å². The maximum absolute atomic E-state index is 12.8. The molecule has 1 saturated heterocycles. The summed E-state index contributed by atoms with van der Waals surface area (Å²) in [5.74, 6) is -0.350. The molecular formula is C12H21O5P. The number of rotatable bonds is 2. The minimum atomic E-state index is -3.26. The van der Waals surface area contributed by atoms with E-state index >= 15 is 0 Å². The van der Waals surface area contributed by atoms with Crippen LogP contribution in [0.3, 0.4) is 0 Å². The molecule has 0 bridgehead atoms. The van der Waals surface area contributed by atoms with E-state index in [1.165, 1.54) is 7.11 Å². The van der Waals surface area contributed by atoms with Crippen molar-refractivity contribution in [3.05, 3.63) is 0 Å². The van der Waals surface area contributed by atoms with Gasteiger partial charge in [-0.25, -0.2) is 9.05 Å². The van der Waals surface area contributed by atoms with E-state index in [9.17, 15) is 9.69 Å². The first-order chi connectivity index (χ1) is 7.98. The van der Waals surface area contributed by atoms with E-state index in [1.54, 1.807) is 6.92 Å². The fourth-order valence-electron chi connectivity index (χ4n) is 2.26. The van der Waals surface area contributed by atoms with Crippen LogP contribution in [-0.2, 0) is 18.6 Å². The van der Waals surface area contributed by atoms with Crippen LogP contribution in [0.15, 0.2) is 0 Å². The molecule has 0 aromatic heterocycles. The maximum Gasteiger partial charge on any atom is 0.315 e. The molecule has 18 heavy (non-hydrogen) atoms. The Morgan fingerprint density at radius 3 is 2.06 bits per heavy atom. The number of hydrogen-bond acceptors (Lipinski definition) is 5. The van der Waals surface area contributed by atoms with E-state index in [2.05, 4.69) is 0 Å². The van der Waals surface area contributed by atoms with Crippen molar-refractivity contribution in [2.75, 3.05) is 7.11 Å². The molecule has 2 atom stereocenters. The van der Waals surface area contributed by atoms with Crippen LogP contribution in [0, 0.1) is 5.41 Å². The molecule has 0 spiro atoms. The molecule has 0 radical (unpaired) electrons. The lowest BCUT2D eigenvalue weighted by atomic mass is 9.90. The summed E-state index contributed by atoms with van der Waals surface area (Å²) in [5, 5.41) is 0. The Balaban J connectivity index is 2.20. The van der Waals surface area contributed by atoms with E-state index in [1.807, 2.05) is 27.7 Å². The molecule has 0 unspecified atom stereocenters. The Morgan fingerprint density at radius 2 is 1.67 bits per heavy atom.